The van der Waals surface area contributed by atoms with Gasteiger partial charge in [-0.25, -0.2) is 4.39 Å². The topological polar surface area (TPSA) is 33.1 Å². The van der Waals surface area contributed by atoms with Crippen LogP contribution in [0.25, 0.3) is 0 Å². The summed E-state index contributed by atoms with van der Waals surface area (Å²) in [5, 5.41) is 9.98. The molecule has 1 unspecified atom stereocenters. The van der Waals surface area contributed by atoms with Crippen LogP contribution in [0.15, 0.2) is 42.6 Å². The van der Waals surface area contributed by atoms with E-state index in [9.17, 15) is 9.50 Å². The average Bonchev–Trinajstić information content (AvgIpc) is 2.32. The molecule has 0 saturated heterocycles. The summed E-state index contributed by atoms with van der Waals surface area (Å²) in [4.78, 5) is 3.88. The van der Waals surface area contributed by atoms with Crippen LogP contribution in [-0.2, 0) is 6.42 Å². The molecule has 1 heterocycles. The van der Waals surface area contributed by atoms with Crippen molar-refractivity contribution in [3.05, 3.63) is 65.2 Å². The van der Waals surface area contributed by atoms with Crippen molar-refractivity contribution < 1.29 is 9.50 Å². The Balaban J connectivity index is 2.20. The van der Waals surface area contributed by atoms with Gasteiger partial charge in [-0.3, -0.25) is 4.98 Å². The third-order valence-electron chi connectivity index (χ3n) is 2.78. The van der Waals surface area contributed by atoms with Crippen molar-refractivity contribution in [3.63, 3.8) is 0 Å². The number of aromatic nitrogens is 1. The van der Waals surface area contributed by atoms with Crippen LogP contribution in [-0.4, -0.2) is 10.1 Å². The lowest BCUT2D eigenvalue weighted by atomic mass is 10.0. The van der Waals surface area contributed by atoms with Crippen LogP contribution in [0.4, 0.5) is 4.39 Å². The van der Waals surface area contributed by atoms with E-state index in [4.69, 9.17) is 0 Å². The normalized spacial score (nSPS) is 12.4. The van der Waals surface area contributed by atoms with E-state index < -0.39 is 11.9 Å². The highest BCUT2D eigenvalue weighted by atomic mass is 19.1. The summed E-state index contributed by atoms with van der Waals surface area (Å²) in [6.07, 6.45) is 0.956. The molecule has 2 nitrogen and oxygen atoms in total. The van der Waals surface area contributed by atoms with Crippen molar-refractivity contribution >= 4 is 0 Å². The molecule has 0 aliphatic carbocycles. The van der Waals surface area contributed by atoms with Gasteiger partial charge in [0.15, 0.2) is 0 Å². The van der Waals surface area contributed by atoms with Gasteiger partial charge in [-0.15, -0.1) is 0 Å². The highest BCUT2D eigenvalue weighted by Crippen LogP contribution is 2.20. The Kier molecular flexibility index (Phi) is 3.49. The van der Waals surface area contributed by atoms with E-state index in [1.807, 2.05) is 31.2 Å². The monoisotopic (exact) mass is 231 g/mol. The van der Waals surface area contributed by atoms with Crippen molar-refractivity contribution in [3.8, 4) is 0 Å². The molecule has 0 aliphatic heterocycles. The minimum atomic E-state index is -0.905. The van der Waals surface area contributed by atoms with Gasteiger partial charge in [-0.1, -0.05) is 24.3 Å². The van der Waals surface area contributed by atoms with E-state index in [1.54, 1.807) is 0 Å². The van der Waals surface area contributed by atoms with Gasteiger partial charge in [-0.2, -0.15) is 0 Å². The zero-order valence-electron chi connectivity index (χ0n) is 9.60. The Morgan fingerprint density at radius 3 is 2.71 bits per heavy atom. The summed E-state index contributed by atoms with van der Waals surface area (Å²) in [6.45, 7) is 1.97. The number of rotatable bonds is 3. The molecular weight excluding hydrogens is 217 g/mol. The summed E-state index contributed by atoms with van der Waals surface area (Å²) in [6, 6.07) is 10.6. The zero-order valence-corrected chi connectivity index (χ0v) is 9.60. The fourth-order valence-electron chi connectivity index (χ4n) is 1.79. The van der Waals surface area contributed by atoms with Crippen molar-refractivity contribution in [1.82, 2.24) is 4.98 Å². The maximum absolute atomic E-state index is 13.4. The molecular formula is C14H14FNO. The number of pyridine rings is 1. The lowest BCUT2D eigenvalue weighted by Gasteiger charge is -2.12. The molecule has 0 radical (unpaired) electrons. The van der Waals surface area contributed by atoms with Crippen LogP contribution in [0.2, 0.25) is 0 Å². The standard InChI is InChI=1S/C14H14FNO/c1-10-5-2-3-6-11(10)9-13(17)14-12(15)7-4-8-16-14/h2-8,13,17H,9H2,1H3. The van der Waals surface area contributed by atoms with Crippen molar-refractivity contribution in [2.45, 2.75) is 19.4 Å². The van der Waals surface area contributed by atoms with Crippen molar-refractivity contribution in [2.75, 3.05) is 0 Å². The molecule has 0 saturated carbocycles. The molecule has 2 rings (SSSR count). The van der Waals surface area contributed by atoms with Crippen molar-refractivity contribution in [2.24, 2.45) is 0 Å². The van der Waals surface area contributed by atoms with Gasteiger partial charge in [0.2, 0.25) is 0 Å². The smallest absolute Gasteiger partial charge is 0.147 e. The van der Waals surface area contributed by atoms with Crippen LogP contribution in [0.5, 0.6) is 0 Å². The first kappa shape index (κ1) is 11.7. The molecule has 2 aromatic rings. The maximum Gasteiger partial charge on any atom is 0.147 e. The molecule has 88 valence electrons. The molecule has 1 aromatic heterocycles. The Hall–Kier alpha value is -1.74. The molecule has 0 aliphatic rings. The predicted octanol–water partition coefficient (Wildman–Crippen LogP) is 2.81. The van der Waals surface area contributed by atoms with E-state index >= 15 is 0 Å². The van der Waals surface area contributed by atoms with E-state index in [1.165, 1.54) is 18.3 Å². The number of aliphatic hydroxyl groups excluding tert-OH is 1. The summed E-state index contributed by atoms with van der Waals surface area (Å²) in [5.41, 5.74) is 2.20. The number of benzene rings is 1. The number of halogens is 1. The van der Waals surface area contributed by atoms with Gasteiger partial charge in [0, 0.05) is 12.6 Å². The molecule has 0 fully saturated rings. The third-order valence-corrected chi connectivity index (χ3v) is 2.78. The number of hydrogen-bond acceptors (Lipinski definition) is 2. The lowest BCUT2D eigenvalue weighted by molar-refractivity contribution is 0.168. The minimum Gasteiger partial charge on any atom is -0.386 e. The Labute approximate surface area is 99.8 Å². The number of hydrogen-bond donors (Lipinski definition) is 1. The fraction of sp³-hybridized carbons (Fsp3) is 0.214. The van der Waals surface area contributed by atoms with Crippen LogP contribution in [0.1, 0.15) is 22.9 Å². The second-order valence-corrected chi connectivity index (χ2v) is 4.02. The van der Waals surface area contributed by atoms with E-state index in [0.29, 0.717) is 6.42 Å². The maximum atomic E-state index is 13.4. The average molecular weight is 231 g/mol. The predicted molar refractivity (Wildman–Crippen MR) is 64.0 cm³/mol. The van der Waals surface area contributed by atoms with Gasteiger partial charge in [0.05, 0.1) is 0 Å². The first-order valence-electron chi connectivity index (χ1n) is 5.51. The SMILES string of the molecule is Cc1ccccc1CC(O)c1ncccc1F. The largest absolute Gasteiger partial charge is 0.386 e. The quantitative estimate of drug-likeness (QED) is 0.881. The zero-order chi connectivity index (χ0) is 12.3. The second-order valence-electron chi connectivity index (χ2n) is 4.02. The number of aryl methyl sites for hydroxylation is 1. The third kappa shape index (κ3) is 2.68. The van der Waals surface area contributed by atoms with E-state index in [2.05, 4.69) is 4.98 Å². The van der Waals surface area contributed by atoms with Gasteiger partial charge >= 0.3 is 0 Å². The van der Waals surface area contributed by atoms with Crippen LogP contribution < -0.4 is 0 Å². The fourth-order valence-corrected chi connectivity index (χ4v) is 1.79. The van der Waals surface area contributed by atoms with Gasteiger partial charge in [0.25, 0.3) is 0 Å². The summed E-state index contributed by atoms with van der Waals surface area (Å²) in [7, 11) is 0. The van der Waals surface area contributed by atoms with Gasteiger partial charge in [0.1, 0.15) is 17.6 Å². The molecule has 0 amide bonds. The molecule has 1 atom stereocenters. The Morgan fingerprint density at radius 1 is 1.24 bits per heavy atom. The van der Waals surface area contributed by atoms with Crippen LogP contribution in [0.3, 0.4) is 0 Å². The van der Waals surface area contributed by atoms with Crippen molar-refractivity contribution in [1.29, 1.82) is 0 Å². The number of nitrogens with zero attached hydrogens (tertiary/aromatic N) is 1. The minimum absolute atomic E-state index is 0.107. The highest BCUT2D eigenvalue weighted by molar-refractivity contribution is 5.27. The Bertz CT molecular complexity index is 513. The molecule has 0 bridgehead atoms. The lowest BCUT2D eigenvalue weighted by Crippen LogP contribution is -2.07. The molecule has 0 spiro atoms. The summed E-state index contributed by atoms with van der Waals surface area (Å²) >= 11 is 0. The summed E-state index contributed by atoms with van der Waals surface area (Å²) < 4.78 is 13.4. The van der Waals surface area contributed by atoms with Gasteiger partial charge < -0.3 is 5.11 Å². The second kappa shape index (κ2) is 5.06. The van der Waals surface area contributed by atoms with Crippen LogP contribution >= 0.6 is 0 Å². The molecule has 3 heteroatoms. The number of aliphatic hydroxyl groups is 1. The molecule has 1 aromatic carbocycles. The van der Waals surface area contributed by atoms with E-state index in [-0.39, 0.29) is 5.69 Å². The van der Waals surface area contributed by atoms with E-state index in [0.717, 1.165) is 11.1 Å². The van der Waals surface area contributed by atoms with Gasteiger partial charge in [-0.05, 0) is 30.2 Å². The molecule has 17 heavy (non-hydrogen) atoms. The summed E-state index contributed by atoms with van der Waals surface area (Å²) in [5.74, 6) is -0.464. The first-order chi connectivity index (χ1) is 8.18. The first-order valence-corrected chi connectivity index (χ1v) is 5.51. The Morgan fingerprint density at radius 2 is 2.00 bits per heavy atom. The molecule has 1 N–H and O–H groups in total. The highest BCUT2D eigenvalue weighted by Gasteiger charge is 2.15. The van der Waals surface area contributed by atoms with Crippen LogP contribution in [0, 0.1) is 12.7 Å².